The molecule has 2 aromatic rings. The summed E-state index contributed by atoms with van der Waals surface area (Å²) in [4.78, 5) is 11.8. The monoisotopic (exact) mass is 340 g/mol. The highest BCUT2D eigenvalue weighted by Crippen LogP contribution is 2.28. The molecule has 0 saturated heterocycles. The molecular weight excluding hydrogens is 328 g/mol. The van der Waals surface area contributed by atoms with Crippen LogP contribution in [0.3, 0.4) is 0 Å². The zero-order valence-electron chi connectivity index (χ0n) is 10.6. The summed E-state index contributed by atoms with van der Waals surface area (Å²) in [5.74, 6) is -0.166. The van der Waals surface area contributed by atoms with Crippen LogP contribution in [-0.4, -0.2) is 20.9 Å². The van der Waals surface area contributed by atoms with Gasteiger partial charge in [0.05, 0.1) is 21.4 Å². The molecule has 0 bridgehead atoms. The van der Waals surface area contributed by atoms with Crippen LogP contribution in [0.1, 0.15) is 21.7 Å². The maximum absolute atomic E-state index is 10.9. The van der Waals surface area contributed by atoms with Gasteiger partial charge in [0.15, 0.2) is 0 Å². The number of halogens is 1. The predicted octanol–water partition coefficient (Wildman–Crippen LogP) is 3.48. The molecule has 0 atom stereocenters. The average Bonchev–Trinajstić information content (AvgIpc) is 2.61. The van der Waals surface area contributed by atoms with Crippen LogP contribution >= 0.6 is 27.7 Å². The molecular formula is C13H13BrN2O2S. The highest BCUT2D eigenvalue weighted by atomic mass is 79.9. The van der Waals surface area contributed by atoms with E-state index in [-0.39, 0.29) is 0 Å². The summed E-state index contributed by atoms with van der Waals surface area (Å²) in [6.45, 7) is 1.95. The highest BCUT2D eigenvalue weighted by molar-refractivity contribution is 9.10. The molecule has 0 fully saturated rings. The van der Waals surface area contributed by atoms with Crippen molar-refractivity contribution in [2.24, 2.45) is 7.05 Å². The number of aromatic nitrogens is 2. The van der Waals surface area contributed by atoms with Crippen molar-refractivity contribution in [3.63, 3.8) is 0 Å². The van der Waals surface area contributed by atoms with Gasteiger partial charge in [0.1, 0.15) is 0 Å². The van der Waals surface area contributed by atoms with Crippen LogP contribution < -0.4 is 0 Å². The van der Waals surface area contributed by atoms with Gasteiger partial charge < -0.3 is 5.11 Å². The second kappa shape index (κ2) is 5.79. The molecule has 6 heteroatoms. The van der Waals surface area contributed by atoms with E-state index in [9.17, 15) is 4.79 Å². The minimum absolute atomic E-state index is 0.310. The zero-order valence-corrected chi connectivity index (χ0v) is 13.0. The van der Waals surface area contributed by atoms with Gasteiger partial charge in [0, 0.05) is 17.7 Å². The normalized spacial score (nSPS) is 10.7. The smallest absolute Gasteiger partial charge is 0.335 e. The van der Waals surface area contributed by atoms with E-state index in [1.54, 1.807) is 30.0 Å². The molecule has 0 saturated carbocycles. The van der Waals surface area contributed by atoms with Crippen molar-refractivity contribution < 1.29 is 9.90 Å². The topological polar surface area (TPSA) is 55.1 Å². The first-order valence-electron chi connectivity index (χ1n) is 5.63. The van der Waals surface area contributed by atoms with Crippen molar-refractivity contribution in [1.29, 1.82) is 0 Å². The number of carboxylic acid groups (broad SMARTS) is 1. The Hall–Kier alpha value is -1.27. The zero-order chi connectivity index (χ0) is 14.0. The van der Waals surface area contributed by atoms with Gasteiger partial charge in [-0.05, 0) is 41.1 Å². The maximum Gasteiger partial charge on any atom is 0.335 e. The lowest BCUT2D eigenvalue weighted by atomic mass is 10.2. The molecule has 1 aromatic heterocycles. The average molecular weight is 341 g/mol. The Morgan fingerprint density at radius 2 is 2.26 bits per heavy atom. The molecule has 0 aliphatic rings. The third-order valence-electron chi connectivity index (χ3n) is 2.72. The standard InChI is InChI=1S/C13H13BrN2O2S/c1-8-12(14)11(16(2)15-8)7-19-10-5-3-4-9(6-10)13(17)18/h3-6H,7H2,1-2H3,(H,17,18). The van der Waals surface area contributed by atoms with E-state index >= 15 is 0 Å². The summed E-state index contributed by atoms with van der Waals surface area (Å²) in [5.41, 5.74) is 2.35. The number of hydrogen-bond acceptors (Lipinski definition) is 3. The molecule has 0 spiro atoms. The van der Waals surface area contributed by atoms with Crippen LogP contribution in [0.5, 0.6) is 0 Å². The molecule has 0 unspecified atom stereocenters. The van der Waals surface area contributed by atoms with Gasteiger partial charge in [-0.1, -0.05) is 6.07 Å². The van der Waals surface area contributed by atoms with Gasteiger partial charge >= 0.3 is 5.97 Å². The minimum Gasteiger partial charge on any atom is -0.478 e. The maximum atomic E-state index is 10.9. The SMILES string of the molecule is Cc1nn(C)c(CSc2cccc(C(=O)O)c2)c1Br. The number of thioether (sulfide) groups is 1. The third-order valence-corrected chi connectivity index (χ3v) is 4.75. The van der Waals surface area contributed by atoms with Gasteiger partial charge in [-0.2, -0.15) is 5.10 Å². The van der Waals surface area contributed by atoms with Crippen LogP contribution in [0.2, 0.25) is 0 Å². The van der Waals surface area contributed by atoms with Crippen molar-refractivity contribution in [2.45, 2.75) is 17.6 Å². The van der Waals surface area contributed by atoms with E-state index in [4.69, 9.17) is 5.11 Å². The summed E-state index contributed by atoms with van der Waals surface area (Å²) in [5, 5.41) is 13.3. The Kier molecular flexibility index (Phi) is 4.31. The molecule has 19 heavy (non-hydrogen) atoms. The van der Waals surface area contributed by atoms with Gasteiger partial charge in [0.25, 0.3) is 0 Å². The Morgan fingerprint density at radius 3 is 2.84 bits per heavy atom. The number of rotatable bonds is 4. The Balaban J connectivity index is 2.14. The lowest BCUT2D eigenvalue weighted by Gasteiger charge is -2.04. The van der Waals surface area contributed by atoms with Gasteiger partial charge in [-0.3, -0.25) is 4.68 Å². The Labute approximate surface area is 124 Å². The first-order chi connectivity index (χ1) is 8.99. The number of benzene rings is 1. The highest BCUT2D eigenvalue weighted by Gasteiger charge is 2.11. The predicted molar refractivity (Wildman–Crippen MR) is 78.6 cm³/mol. The molecule has 0 radical (unpaired) electrons. The Bertz CT molecular complexity index is 625. The molecule has 4 nitrogen and oxygen atoms in total. The fraction of sp³-hybridized carbons (Fsp3) is 0.231. The second-order valence-corrected chi connectivity index (χ2v) is 5.93. The molecule has 0 aliphatic heterocycles. The fourth-order valence-corrected chi connectivity index (χ4v) is 3.39. The van der Waals surface area contributed by atoms with Gasteiger partial charge in [0.2, 0.25) is 0 Å². The number of aromatic carboxylic acids is 1. The van der Waals surface area contributed by atoms with E-state index in [1.165, 1.54) is 0 Å². The van der Waals surface area contributed by atoms with Crippen molar-refractivity contribution in [3.8, 4) is 0 Å². The van der Waals surface area contributed by atoms with Crippen molar-refractivity contribution in [3.05, 3.63) is 45.7 Å². The van der Waals surface area contributed by atoms with Crippen molar-refractivity contribution in [1.82, 2.24) is 9.78 Å². The first-order valence-corrected chi connectivity index (χ1v) is 7.41. The van der Waals surface area contributed by atoms with E-state index in [1.807, 2.05) is 24.7 Å². The van der Waals surface area contributed by atoms with Crippen LogP contribution in [0.25, 0.3) is 0 Å². The van der Waals surface area contributed by atoms with E-state index in [0.29, 0.717) is 5.56 Å². The summed E-state index contributed by atoms with van der Waals surface area (Å²) < 4.78 is 2.85. The van der Waals surface area contributed by atoms with Crippen LogP contribution in [-0.2, 0) is 12.8 Å². The molecule has 0 amide bonds. The van der Waals surface area contributed by atoms with E-state index in [0.717, 1.165) is 26.5 Å². The Morgan fingerprint density at radius 1 is 1.53 bits per heavy atom. The minimum atomic E-state index is -0.903. The molecule has 100 valence electrons. The van der Waals surface area contributed by atoms with Crippen molar-refractivity contribution in [2.75, 3.05) is 0 Å². The lowest BCUT2D eigenvalue weighted by molar-refractivity contribution is 0.0696. The van der Waals surface area contributed by atoms with Crippen molar-refractivity contribution >= 4 is 33.7 Å². The van der Waals surface area contributed by atoms with Gasteiger partial charge in [-0.25, -0.2) is 4.79 Å². The summed E-state index contributed by atoms with van der Waals surface area (Å²) in [6, 6.07) is 6.95. The second-order valence-electron chi connectivity index (χ2n) is 4.09. The first kappa shape index (κ1) is 14.1. The summed E-state index contributed by atoms with van der Waals surface area (Å²) >= 11 is 5.11. The number of hydrogen-bond donors (Lipinski definition) is 1. The number of carboxylic acids is 1. The molecule has 1 aromatic carbocycles. The van der Waals surface area contributed by atoms with Gasteiger partial charge in [-0.15, -0.1) is 11.8 Å². The lowest BCUT2D eigenvalue weighted by Crippen LogP contribution is -1.97. The van der Waals surface area contributed by atoms with Crippen LogP contribution in [0.15, 0.2) is 33.6 Å². The summed E-state index contributed by atoms with van der Waals surface area (Å²) in [7, 11) is 1.90. The van der Waals surface area contributed by atoms with E-state index in [2.05, 4.69) is 21.0 Å². The molecule has 1 N–H and O–H groups in total. The molecule has 0 aliphatic carbocycles. The molecule has 1 heterocycles. The fourth-order valence-electron chi connectivity index (χ4n) is 1.71. The number of aryl methyl sites for hydroxylation is 2. The third kappa shape index (κ3) is 3.19. The molecule has 2 rings (SSSR count). The number of carbonyl (C=O) groups is 1. The van der Waals surface area contributed by atoms with Crippen LogP contribution in [0.4, 0.5) is 0 Å². The summed E-state index contributed by atoms with van der Waals surface area (Å²) in [6.07, 6.45) is 0. The quantitative estimate of drug-likeness (QED) is 0.865. The largest absolute Gasteiger partial charge is 0.478 e. The number of nitrogens with zero attached hydrogens (tertiary/aromatic N) is 2. The van der Waals surface area contributed by atoms with Crippen LogP contribution in [0, 0.1) is 6.92 Å². The van der Waals surface area contributed by atoms with E-state index < -0.39 is 5.97 Å².